The zero-order chi connectivity index (χ0) is 16.2. The van der Waals surface area contributed by atoms with Crippen LogP contribution in [0.3, 0.4) is 0 Å². The lowest BCUT2D eigenvalue weighted by atomic mass is 9.91. The van der Waals surface area contributed by atoms with E-state index in [2.05, 4.69) is 0 Å². The Balaban J connectivity index is 2.16. The van der Waals surface area contributed by atoms with Gasteiger partial charge in [-0.15, -0.1) is 0 Å². The lowest BCUT2D eigenvalue weighted by Crippen LogP contribution is -2.15. The summed E-state index contributed by atoms with van der Waals surface area (Å²) in [6, 6.07) is 12.8. The van der Waals surface area contributed by atoms with Gasteiger partial charge in [-0.2, -0.15) is 13.2 Å². The van der Waals surface area contributed by atoms with Gasteiger partial charge in [-0.25, -0.2) is 0 Å². The second-order valence-corrected chi connectivity index (χ2v) is 5.11. The maximum Gasteiger partial charge on any atom is 0.416 e. The minimum absolute atomic E-state index is 0.0341. The number of alkyl halides is 3. The van der Waals surface area contributed by atoms with E-state index in [1.807, 2.05) is 24.3 Å². The minimum atomic E-state index is -4.31. The second kappa shape index (κ2) is 6.83. The van der Waals surface area contributed by atoms with Crippen molar-refractivity contribution >= 4 is 0 Å². The number of ether oxygens (including phenoxy) is 1. The Kier molecular flexibility index (Phi) is 5.08. The van der Waals surface area contributed by atoms with Gasteiger partial charge >= 0.3 is 6.18 Å². The zero-order valence-electron chi connectivity index (χ0n) is 12.2. The summed E-state index contributed by atoms with van der Waals surface area (Å²) < 4.78 is 42.9. The Morgan fingerprint density at radius 3 is 2.32 bits per heavy atom. The number of halogens is 3. The molecule has 0 spiro atoms. The van der Waals surface area contributed by atoms with Gasteiger partial charge in [-0.1, -0.05) is 24.3 Å². The van der Waals surface area contributed by atoms with Crippen LogP contribution in [-0.4, -0.2) is 13.7 Å². The number of methoxy groups -OCH3 is 1. The van der Waals surface area contributed by atoms with Crippen molar-refractivity contribution < 1.29 is 17.9 Å². The molecule has 0 aromatic heterocycles. The normalized spacial score (nSPS) is 13.0. The molecule has 0 aliphatic heterocycles. The van der Waals surface area contributed by atoms with Crippen LogP contribution in [0.15, 0.2) is 48.5 Å². The molecule has 2 nitrogen and oxygen atoms in total. The lowest BCUT2D eigenvalue weighted by molar-refractivity contribution is -0.137. The van der Waals surface area contributed by atoms with Gasteiger partial charge in [0.15, 0.2) is 0 Å². The molecule has 0 saturated heterocycles. The van der Waals surface area contributed by atoms with Crippen molar-refractivity contribution in [3.8, 4) is 5.75 Å². The van der Waals surface area contributed by atoms with Crippen LogP contribution in [-0.2, 0) is 12.6 Å². The van der Waals surface area contributed by atoms with Gasteiger partial charge in [0.2, 0.25) is 0 Å². The third-order valence-electron chi connectivity index (χ3n) is 3.61. The first-order valence-corrected chi connectivity index (χ1v) is 6.94. The number of nitrogens with two attached hydrogens (primary N) is 1. The van der Waals surface area contributed by atoms with E-state index in [1.165, 1.54) is 12.1 Å². The Labute approximate surface area is 127 Å². The highest BCUT2D eigenvalue weighted by Gasteiger charge is 2.30. The van der Waals surface area contributed by atoms with E-state index < -0.39 is 11.7 Å². The van der Waals surface area contributed by atoms with Gasteiger partial charge in [0.1, 0.15) is 5.75 Å². The van der Waals surface area contributed by atoms with Crippen LogP contribution < -0.4 is 10.5 Å². The van der Waals surface area contributed by atoms with Crippen LogP contribution in [0.2, 0.25) is 0 Å². The molecule has 0 saturated carbocycles. The van der Waals surface area contributed by atoms with Crippen LogP contribution >= 0.6 is 0 Å². The number of rotatable bonds is 5. The first-order valence-electron chi connectivity index (χ1n) is 6.94. The average Bonchev–Trinajstić information content (AvgIpc) is 2.52. The molecule has 118 valence electrons. The van der Waals surface area contributed by atoms with E-state index in [0.29, 0.717) is 13.0 Å². The van der Waals surface area contributed by atoms with Crippen molar-refractivity contribution in [2.45, 2.75) is 18.5 Å². The molecule has 22 heavy (non-hydrogen) atoms. The molecule has 0 aliphatic rings. The fraction of sp³-hybridized carbons (Fsp3) is 0.294. The summed E-state index contributed by atoms with van der Waals surface area (Å²) >= 11 is 0. The Morgan fingerprint density at radius 1 is 1.09 bits per heavy atom. The fourth-order valence-corrected chi connectivity index (χ4v) is 2.35. The highest BCUT2D eigenvalue weighted by Crippen LogP contribution is 2.30. The Hall–Kier alpha value is -2.01. The topological polar surface area (TPSA) is 35.2 Å². The number of hydrogen-bond donors (Lipinski definition) is 1. The van der Waals surface area contributed by atoms with Gasteiger partial charge in [0.25, 0.3) is 0 Å². The van der Waals surface area contributed by atoms with Crippen molar-refractivity contribution in [2.75, 3.05) is 13.7 Å². The molecule has 5 heteroatoms. The van der Waals surface area contributed by atoms with Crippen LogP contribution in [0.25, 0.3) is 0 Å². The number of hydrogen-bond acceptors (Lipinski definition) is 2. The van der Waals surface area contributed by atoms with Gasteiger partial charge in [0.05, 0.1) is 12.7 Å². The molecule has 1 unspecified atom stereocenters. The fourth-order valence-electron chi connectivity index (χ4n) is 2.35. The maximum atomic E-state index is 12.6. The molecular formula is C17H18F3NO. The van der Waals surface area contributed by atoms with E-state index in [0.717, 1.165) is 29.0 Å². The van der Waals surface area contributed by atoms with Crippen LogP contribution in [0.1, 0.15) is 22.6 Å². The lowest BCUT2D eigenvalue weighted by Gasteiger charge is -2.16. The van der Waals surface area contributed by atoms with Gasteiger partial charge in [-0.05, 0) is 48.4 Å². The molecule has 0 amide bonds. The largest absolute Gasteiger partial charge is 0.497 e. The van der Waals surface area contributed by atoms with E-state index in [1.54, 1.807) is 7.11 Å². The summed E-state index contributed by atoms with van der Waals surface area (Å²) in [5, 5.41) is 0. The van der Waals surface area contributed by atoms with Crippen LogP contribution in [0.4, 0.5) is 13.2 Å². The van der Waals surface area contributed by atoms with Crippen molar-refractivity contribution in [2.24, 2.45) is 5.73 Å². The molecule has 0 aliphatic carbocycles. The molecule has 1 atom stereocenters. The Bertz CT molecular complexity index is 608. The van der Waals surface area contributed by atoms with Crippen molar-refractivity contribution in [3.05, 3.63) is 65.2 Å². The third kappa shape index (κ3) is 4.01. The molecule has 0 fully saturated rings. The van der Waals surface area contributed by atoms with Crippen molar-refractivity contribution in [3.63, 3.8) is 0 Å². The van der Waals surface area contributed by atoms with E-state index in [-0.39, 0.29) is 5.92 Å². The first-order chi connectivity index (χ1) is 10.4. The SMILES string of the molecule is COc1cccc(C(CN)Cc2ccc(C(F)(F)F)cc2)c1. The summed E-state index contributed by atoms with van der Waals surface area (Å²) in [4.78, 5) is 0. The van der Waals surface area contributed by atoms with Crippen LogP contribution in [0.5, 0.6) is 5.75 Å². The van der Waals surface area contributed by atoms with E-state index in [9.17, 15) is 13.2 Å². The standard InChI is InChI=1S/C17H18F3NO/c1-22-16-4-2-3-13(10-16)14(11-21)9-12-5-7-15(8-6-12)17(18,19)20/h2-8,10,14H,9,11,21H2,1H3. The summed E-state index contributed by atoms with van der Waals surface area (Å²) in [6.45, 7) is 0.411. The molecule has 2 N–H and O–H groups in total. The van der Waals surface area contributed by atoms with Gasteiger partial charge in [0, 0.05) is 5.92 Å². The molecule has 0 radical (unpaired) electrons. The monoisotopic (exact) mass is 309 g/mol. The molecule has 2 aromatic rings. The highest BCUT2D eigenvalue weighted by molar-refractivity contribution is 5.33. The third-order valence-corrected chi connectivity index (χ3v) is 3.61. The zero-order valence-corrected chi connectivity index (χ0v) is 12.2. The molecule has 0 bridgehead atoms. The predicted octanol–water partition coefficient (Wildman–Crippen LogP) is 4.00. The number of benzene rings is 2. The summed E-state index contributed by atoms with van der Waals surface area (Å²) in [7, 11) is 1.59. The van der Waals surface area contributed by atoms with Crippen molar-refractivity contribution in [1.29, 1.82) is 0 Å². The van der Waals surface area contributed by atoms with Gasteiger partial charge < -0.3 is 10.5 Å². The molecule has 2 rings (SSSR count). The first kappa shape index (κ1) is 16.4. The van der Waals surface area contributed by atoms with E-state index >= 15 is 0 Å². The van der Waals surface area contributed by atoms with Gasteiger partial charge in [-0.3, -0.25) is 0 Å². The predicted molar refractivity (Wildman–Crippen MR) is 79.9 cm³/mol. The molecule has 2 aromatic carbocycles. The highest BCUT2D eigenvalue weighted by atomic mass is 19.4. The maximum absolute atomic E-state index is 12.6. The molecular weight excluding hydrogens is 291 g/mol. The average molecular weight is 309 g/mol. The summed E-state index contributed by atoms with van der Waals surface area (Å²) in [6.07, 6.45) is -3.72. The summed E-state index contributed by atoms with van der Waals surface area (Å²) in [5.74, 6) is 0.773. The van der Waals surface area contributed by atoms with E-state index in [4.69, 9.17) is 10.5 Å². The smallest absolute Gasteiger partial charge is 0.416 e. The van der Waals surface area contributed by atoms with Crippen LogP contribution in [0, 0.1) is 0 Å². The molecule has 0 heterocycles. The second-order valence-electron chi connectivity index (χ2n) is 5.11. The van der Waals surface area contributed by atoms with Crippen molar-refractivity contribution in [1.82, 2.24) is 0 Å². The Morgan fingerprint density at radius 2 is 1.77 bits per heavy atom. The summed E-state index contributed by atoms with van der Waals surface area (Å²) in [5.41, 5.74) is 7.03. The quantitative estimate of drug-likeness (QED) is 0.906. The minimum Gasteiger partial charge on any atom is -0.497 e.